The molecule has 2 aromatic rings. The number of nitrogens with one attached hydrogen (secondary N) is 2. The van der Waals surface area contributed by atoms with Crippen molar-refractivity contribution in [3.8, 4) is 0 Å². The Morgan fingerprint density at radius 2 is 1.48 bits per heavy atom. The predicted molar refractivity (Wildman–Crippen MR) is 87.5 cm³/mol. The number of hydrogen-bond acceptors (Lipinski definition) is 3. The summed E-state index contributed by atoms with van der Waals surface area (Å²) in [5, 5.41) is 5.45. The summed E-state index contributed by atoms with van der Waals surface area (Å²) in [6.07, 6.45) is 0.323. The highest BCUT2D eigenvalue weighted by atomic mass is 19.1. The van der Waals surface area contributed by atoms with E-state index >= 15 is 0 Å². The van der Waals surface area contributed by atoms with Crippen molar-refractivity contribution < 1.29 is 14.0 Å². The van der Waals surface area contributed by atoms with Crippen LogP contribution in [0.25, 0.3) is 0 Å². The molecule has 0 fully saturated rings. The molecule has 4 N–H and O–H groups in total. The van der Waals surface area contributed by atoms with Crippen LogP contribution in [0.3, 0.4) is 0 Å². The van der Waals surface area contributed by atoms with Gasteiger partial charge >= 0.3 is 0 Å². The minimum Gasteiger partial charge on any atom is -0.330 e. The summed E-state index contributed by atoms with van der Waals surface area (Å²) in [4.78, 5) is 23.7. The first-order valence-corrected chi connectivity index (χ1v) is 7.21. The molecule has 0 saturated carbocycles. The SMILES string of the molecule is NCCC(=O)Nc1ccccc1NC(=O)Cc1ccc(F)cc1. The number of rotatable bonds is 6. The van der Waals surface area contributed by atoms with Crippen LogP contribution >= 0.6 is 0 Å². The van der Waals surface area contributed by atoms with Crippen molar-refractivity contribution in [3.63, 3.8) is 0 Å². The van der Waals surface area contributed by atoms with Crippen LogP contribution in [0.2, 0.25) is 0 Å². The van der Waals surface area contributed by atoms with E-state index in [0.29, 0.717) is 16.9 Å². The lowest BCUT2D eigenvalue weighted by atomic mass is 10.1. The quantitative estimate of drug-likeness (QED) is 0.764. The molecule has 23 heavy (non-hydrogen) atoms. The van der Waals surface area contributed by atoms with E-state index < -0.39 is 0 Å². The smallest absolute Gasteiger partial charge is 0.228 e. The standard InChI is InChI=1S/C17H18FN3O2/c18-13-7-5-12(6-8-13)11-17(23)21-15-4-2-1-3-14(15)20-16(22)9-10-19/h1-8H,9-11,19H2,(H,20,22)(H,21,23). The number of nitrogens with two attached hydrogens (primary N) is 1. The normalized spacial score (nSPS) is 10.2. The second kappa shape index (κ2) is 8.05. The summed E-state index contributed by atoms with van der Waals surface area (Å²) < 4.78 is 12.9. The van der Waals surface area contributed by atoms with E-state index in [1.165, 1.54) is 12.1 Å². The van der Waals surface area contributed by atoms with Gasteiger partial charge < -0.3 is 16.4 Å². The molecule has 2 aromatic carbocycles. The van der Waals surface area contributed by atoms with Crippen LogP contribution in [0.5, 0.6) is 0 Å². The van der Waals surface area contributed by atoms with E-state index in [2.05, 4.69) is 10.6 Å². The average molecular weight is 315 g/mol. The van der Waals surface area contributed by atoms with Gasteiger partial charge in [-0.25, -0.2) is 4.39 Å². The summed E-state index contributed by atoms with van der Waals surface area (Å²) in [5.41, 5.74) is 7.06. The van der Waals surface area contributed by atoms with Gasteiger partial charge in [0, 0.05) is 13.0 Å². The second-order valence-electron chi connectivity index (χ2n) is 4.98. The number of carbonyl (C=O) groups is 2. The molecule has 0 aliphatic carbocycles. The molecule has 120 valence electrons. The Hall–Kier alpha value is -2.73. The third kappa shape index (κ3) is 5.19. The van der Waals surface area contributed by atoms with Crippen molar-refractivity contribution in [2.45, 2.75) is 12.8 Å². The third-order valence-electron chi connectivity index (χ3n) is 3.12. The van der Waals surface area contributed by atoms with Gasteiger partial charge in [-0.3, -0.25) is 9.59 Å². The highest BCUT2D eigenvalue weighted by Gasteiger charge is 2.09. The summed E-state index contributed by atoms with van der Waals surface area (Å²) in [6.45, 7) is 0.255. The molecule has 0 aliphatic heterocycles. The van der Waals surface area contributed by atoms with Gasteiger partial charge in [0.15, 0.2) is 0 Å². The largest absolute Gasteiger partial charge is 0.330 e. The van der Waals surface area contributed by atoms with Crippen molar-refractivity contribution in [2.24, 2.45) is 5.73 Å². The lowest BCUT2D eigenvalue weighted by molar-refractivity contribution is -0.116. The molecule has 0 heterocycles. The molecule has 2 rings (SSSR count). The third-order valence-corrected chi connectivity index (χ3v) is 3.12. The molecule has 5 nitrogen and oxygen atoms in total. The monoisotopic (exact) mass is 315 g/mol. The minimum absolute atomic E-state index is 0.116. The van der Waals surface area contributed by atoms with Gasteiger partial charge in [0.05, 0.1) is 17.8 Å². The lowest BCUT2D eigenvalue weighted by Crippen LogP contribution is -2.19. The molecule has 2 amide bonds. The number of halogens is 1. The maximum Gasteiger partial charge on any atom is 0.228 e. The number of carbonyl (C=O) groups excluding carboxylic acids is 2. The summed E-state index contributed by atoms with van der Waals surface area (Å²) in [5.74, 6) is -0.813. The number of para-hydroxylation sites is 2. The van der Waals surface area contributed by atoms with E-state index in [-0.39, 0.29) is 37.0 Å². The minimum atomic E-state index is -0.345. The molecule has 0 aromatic heterocycles. The Morgan fingerprint density at radius 1 is 0.913 bits per heavy atom. The van der Waals surface area contributed by atoms with Crippen LogP contribution in [-0.2, 0) is 16.0 Å². The molecule has 0 saturated heterocycles. The van der Waals surface area contributed by atoms with Crippen molar-refractivity contribution in [1.82, 2.24) is 0 Å². The second-order valence-corrected chi connectivity index (χ2v) is 4.98. The zero-order valence-electron chi connectivity index (χ0n) is 12.5. The molecular formula is C17H18FN3O2. The van der Waals surface area contributed by atoms with Crippen molar-refractivity contribution >= 4 is 23.2 Å². The van der Waals surface area contributed by atoms with E-state index in [1.54, 1.807) is 36.4 Å². The van der Waals surface area contributed by atoms with Crippen LogP contribution in [0.1, 0.15) is 12.0 Å². The molecule has 0 radical (unpaired) electrons. The number of anilines is 2. The Bertz CT molecular complexity index is 686. The Labute approximate surface area is 133 Å². The zero-order chi connectivity index (χ0) is 16.7. The van der Waals surface area contributed by atoms with Crippen LogP contribution in [0, 0.1) is 5.82 Å². The molecule has 0 unspecified atom stereocenters. The zero-order valence-corrected chi connectivity index (χ0v) is 12.5. The maximum atomic E-state index is 12.9. The predicted octanol–water partition coefficient (Wildman–Crippen LogP) is 2.29. The van der Waals surface area contributed by atoms with Crippen LogP contribution in [-0.4, -0.2) is 18.4 Å². The fourth-order valence-electron chi connectivity index (χ4n) is 2.03. The fraction of sp³-hybridized carbons (Fsp3) is 0.176. The maximum absolute atomic E-state index is 12.9. The lowest BCUT2D eigenvalue weighted by Gasteiger charge is -2.12. The van der Waals surface area contributed by atoms with Crippen molar-refractivity contribution in [1.29, 1.82) is 0 Å². The molecule has 6 heteroatoms. The molecular weight excluding hydrogens is 297 g/mol. The van der Waals surface area contributed by atoms with Crippen LogP contribution < -0.4 is 16.4 Å². The Balaban J connectivity index is 2.02. The summed E-state index contributed by atoms with van der Waals surface area (Å²) >= 11 is 0. The topological polar surface area (TPSA) is 84.2 Å². The van der Waals surface area contributed by atoms with E-state index in [0.717, 1.165) is 0 Å². The number of amides is 2. The highest BCUT2D eigenvalue weighted by molar-refractivity contribution is 6.00. The van der Waals surface area contributed by atoms with Gasteiger partial charge in [0.25, 0.3) is 0 Å². The fourth-order valence-corrected chi connectivity index (χ4v) is 2.03. The van der Waals surface area contributed by atoms with E-state index in [4.69, 9.17) is 5.73 Å². The number of hydrogen-bond donors (Lipinski definition) is 3. The average Bonchev–Trinajstić information content (AvgIpc) is 2.52. The van der Waals surface area contributed by atoms with Gasteiger partial charge in [0.1, 0.15) is 5.82 Å². The number of benzene rings is 2. The molecule has 0 bridgehead atoms. The van der Waals surface area contributed by atoms with Crippen molar-refractivity contribution in [3.05, 3.63) is 59.9 Å². The summed E-state index contributed by atoms with van der Waals surface area (Å²) in [6, 6.07) is 12.6. The first-order valence-electron chi connectivity index (χ1n) is 7.21. The first-order chi connectivity index (χ1) is 11.1. The van der Waals surface area contributed by atoms with E-state index in [1.807, 2.05) is 0 Å². The van der Waals surface area contributed by atoms with Gasteiger partial charge in [0.2, 0.25) is 11.8 Å². The van der Waals surface area contributed by atoms with Crippen molar-refractivity contribution in [2.75, 3.05) is 17.2 Å². The molecule has 0 aliphatic rings. The van der Waals surface area contributed by atoms with Gasteiger partial charge in [-0.05, 0) is 29.8 Å². The van der Waals surface area contributed by atoms with Gasteiger partial charge in [-0.1, -0.05) is 24.3 Å². The van der Waals surface area contributed by atoms with Gasteiger partial charge in [-0.15, -0.1) is 0 Å². The van der Waals surface area contributed by atoms with E-state index in [9.17, 15) is 14.0 Å². The molecule has 0 atom stereocenters. The van der Waals surface area contributed by atoms with Crippen LogP contribution in [0.15, 0.2) is 48.5 Å². The Kier molecular flexibility index (Phi) is 5.82. The highest BCUT2D eigenvalue weighted by Crippen LogP contribution is 2.21. The first kappa shape index (κ1) is 16.6. The summed E-state index contributed by atoms with van der Waals surface area (Å²) in [7, 11) is 0. The Morgan fingerprint density at radius 3 is 2.04 bits per heavy atom. The molecule has 0 spiro atoms. The van der Waals surface area contributed by atoms with Gasteiger partial charge in [-0.2, -0.15) is 0 Å². The van der Waals surface area contributed by atoms with Crippen LogP contribution in [0.4, 0.5) is 15.8 Å².